The van der Waals surface area contributed by atoms with Crippen molar-refractivity contribution in [1.29, 1.82) is 0 Å². The zero-order chi connectivity index (χ0) is 16.6. The molecule has 0 saturated carbocycles. The van der Waals surface area contributed by atoms with Crippen LogP contribution < -0.4 is 9.64 Å². The van der Waals surface area contributed by atoms with Gasteiger partial charge in [-0.2, -0.15) is 0 Å². The van der Waals surface area contributed by atoms with Gasteiger partial charge in [0, 0.05) is 5.56 Å². The predicted molar refractivity (Wildman–Crippen MR) is 85.0 cm³/mol. The molecule has 6 heteroatoms. The van der Waals surface area contributed by atoms with Crippen LogP contribution in [0.25, 0.3) is 0 Å². The lowest BCUT2D eigenvalue weighted by Crippen LogP contribution is -2.38. The summed E-state index contributed by atoms with van der Waals surface area (Å²) in [7, 11) is 0. The Kier molecular flexibility index (Phi) is 4.05. The maximum absolute atomic E-state index is 14.0. The monoisotopic (exact) mass is 333 g/mol. The highest BCUT2D eigenvalue weighted by atomic mass is 35.5. The van der Waals surface area contributed by atoms with Crippen molar-refractivity contribution in [2.24, 2.45) is 0 Å². The number of hydrogen-bond donors (Lipinski definition) is 0. The molecule has 0 fully saturated rings. The average molecular weight is 334 g/mol. The molecule has 1 aliphatic rings. The zero-order valence-corrected chi connectivity index (χ0v) is 13.1. The van der Waals surface area contributed by atoms with Crippen LogP contribution in [0.1, 0.15) is 27.6 Å². The quantitative estimate of drug-likeness (QED) is 0.787. The van der Waals surface area contributed by atoms with E-state index in [1.165, 1.54) is 30.0 Å². The van der Waals surface area contributed by atoms with Gasteiger partial charge in [-0.3, -0.25) is 9.59 Å². The van der Waals surface area contributed by atoms with E-state index < -0.39 is 11.7 Å². The van der Waals surface area contributed by atoms with Gasteiger partial charge in [-0.1, -0.05) is 17.7 Å². The first-order chi connectivity index (χ1) is 11.0. The van der Waals surface area contributed by atoms with Gasteiger partial charge in [0.2, 0.25) is 0 Å². The van der Waals surface area contributed by atoms with Gasteiger partial charge in [0.1, 0.15) is 18.2 Å². The Morgan fingerprint density at radius 1 is 1.26 bits per heavy atom. The lowest BCUT2D eigenvalue weighted by Gasteiger charge is -2.30. The summed E-state index contributed by atoms with van der Waals surface area (Å²) in [6, 6.07) is 8.93. The van der Waals surface area contributed by atoms with Crippen molar-refractivity contribution in [1.82, 2.24) is 0 Å². The summed E-state index contributed by atoms with van der Waals surface area (Å²) in [6.45, 7) is 1.97. The summed E-state index contributed by atoms with van der Waals surface area (Å²) in [5.41, 5.74) is 0.704. The molecule has 0 unspecified atom stereocenters. The molecule has 3 rings (SSSR count). The fraction of sp³-hybridized carbons (Fsp3) is 0.176. The molecule has 0 atom stereocenters. The van der Waals surface area contributed by atoms with Gasteiger partial charge >= 0.3 is 0 Å². The van der Waals surface area contributed by atoms with Crippen molar-refractivity contribution >= 4 is 29.0 Å². The number of carbonyl (C=O) groups is 2. The Morgan fingerprint density at radius 3 is 2.74 bits per heavy atom. The molecule has 0 saturated heterocycles. The largest absolute Gasteiger partial charge is 0.490 e. The van der Waals surface area contributed by atoms with Crippen molar-refractivity contribution < 1.29 is 18.7 Å². The number of nitrogens with zero attached hydrogens (tertiary/aromatic N) is 1. The van der Waals surface area contributed by atoms with Crippen molar-refractivity contribution in [3.05, 3.63) is 58.4 Å². The Bertz CT molecular complexity index is 786. The van der Waals surface area contributed by atoms with Crippen LogP contribution in [-0.4, -0.2) is 24.8 Å². The minimum Gasteiger partial charge on any atom is -0.490 e. The highest BCUT2D eigenvalue weighted by molar-refractivity contribution is 6.34. The van der Waals surface area contributed by atoms with Gasteiger partial charge in [-0.05, 0) is 37.3 Å². The van der Waals surface area contributed by atoms with E-state index in [1.807, 2.05) is 0 Å². The second-order valence-electron chi connectivity index (χ2n) is 5.14. The number of Topliss-reactive ketones (excluding diaryl/α,β-unsaturated/α-hetero) is 1. The maximum Gasteiger partial charge on any atom is 0.263 e. The number of rotatable bonds is 2. The fourth-order valence-corrected chi connectivity index (χ4v) is 2.73. The molecule has 1 heterocycles. The first-order valence-electron chi connectivity index (χ1n) is 7.02. The van der Waals surface area contributed by atoms with Crippen molar-refractivity contribution in [2.75, 3.05) is 18.1 Å². The second-order valence-corrected chi connectivity index (χ2v) is 5.55. The van der Waals surface area contributed by atoms with Crippen molar-refractivity contribution in [3.63, 3.8) is 0 Å². The van der Waals surface area contributed by atoms with Gasteiger partial charge in [0.25, 0.3) is 5.91 Å². The minimum atomic E-state index is -0.682. The number of hydrogen-bond acceptors (Lipinski definition) is 3. The fourth-order valence-electron chi connectivity index (χ4n) is 2.48. The molecule has 4 nitrogen and oxygen atoms in total. The molecule has 0 radical (unpaired) electrons. The molecule has 2 aromatic carbocycles. The van der Waals surface area contributed by atoms with Gasteiger partial charge < -0.3 is 9.64 Å². The van der Waals surface area contributed by atoms with E-state index in [0.29, 0.717) is 17.0 Å². The maximum atomic E-state index is 14.0. The summed E-state index contributed by atoms with van der Waals surface area (Å²) in [5, 5.41) is 0.0470. The molecule has 0 aliphatic carbocycles. The molecular formula is C17H13ClFNO3. The van der Waals surface area contributed by atoms with E-state index >= 15 is 0 Å². The summed E-state index contributed by atoms with van der Waals surface area (Å²) in [4.78, 5) is 25.7. The summed E-state index contributed by atoms with van der Waals surface area (Å²) in [6.07, 6.45) is 0. The number of carbonyl (C=O) groups excluding carboxylic acids is 2. The molecule has 0 spiro atoms. The highest BCUT2D eigenvalue weighted by Gasteiger charge is 2.28. The normalized spacial score (nSPS) is 13.3. The Morgan fingerprint density at radius 2 is 2.04 bits per heavy atom. The van der Waals surface area contributed by atoms with E-state index in [9.17, 15) is 14.0 Å². The van der Waals surface area contributed by atoms with E-state index in [0.717, 1.165) is 0 Å². The second kappa shape index (κ2) is 6.01. The first-order valence-corrected chi connectivity index (χ1v) is 7.40. The summed E-state index contributed by atoms with van der Waals surface area (Å²) in [5.74, 6) is -0.895. The van der Waals surface area contributed by atoms with Crippen LogP contribution in [0.5, 0.6) is 5.75 Å². The van der Waals surface area contributed by atoms with Crippen LogP contribution in [0.4, 0.5) is 10.1 Å². The lowest BCUT2D eigenvalue weighted by molar-refractivity contribution is 0.0969. The van der Waals surface area contributed by atoms with Crippen LogP contribution in [-0.2, 0) is 0 Å². The van der Waals surface area contributed by atoms with E-state index in [2.05, 4.69) is 0 Å². The molecule has 1 amide bonds. The molecule has 1 aliphatic heterocycles. The molecular weight excluding hydrogens is 321 g/mol. The van der Waals surface area contributed by atoms with E-state index in [4.69, 9.17) is 16.3 Å². The topological polar surface area (TPSA) is 46.6 Å². The van der Waals surface area contributed by atoms with Crippen molar-refractivity contribution in [2.45, 2.75) is 6.92 Å². The average Bonchev–Trinajstić information content (AvgIpc) is 2.53. The SMILES string of the molecule is CC(=O)c1ccc2c(c1)N(C(=O)c1c(F)cccc1Cl)CCO2. The number of fused-ring (bicyclic) bond motifs is 1. The van der Waals surface area contributed by atoms with Crippen LogP contribution in [0.3, 0.4) is 0 Å². The molecule has 23 heavy (non-hydrogen) atoms. The summed E-state index contributed by atoms with van der Waals surface area (Å²) < 4.78 is 19.5. The summed E-state index contributed by atoms with van der Waals surface area (Å²) >= 11 is 5.98. The van der Waals surface area contributed by atoms with Gasteiger partial charge in [-0.25, -0.2) is 4.39 Å². The predicted octanol–water partition coefficient (Wildman–Crippen LogP) is 3.72. The third-order valence-corrected chi connectivity index (χ3v) is 3.97. The highest BCUT2D eigenvalue weighted by Crippen LogP contribution is 2.34. The van der Waals surface area contributed by atoms with Crippen LogP contribution >= 0.6 is 11.6 Å². The number of ether oxygens (including phenoxy) is 1. The number of anilines is 1. The number of benzene rings is 2. The third kappa shape index (κ3) is 2.80. The number of ketones is 1. The number of amides is 1. The Balaban J connectivity index is 2.07. The van der Waals surface area contributed by atoms with Crippen LogP contribution in [0, 0.1) is 5.82 Å². The Labute approximate surface area is 137 Å². The molecule has 2 aromatic rings. The van der Waals surface area contributed by atoms with E-state index in [-0.39, 0.29) is 29.5 Å². The lowest BCUT2D eigenvalue weighted by atomic mass is 10.1. The third-order valence-electron chi connectivity index (χ3n) is 3.65. The van der Waals surface area contributed by atoms with Crippen LogP contribution in [0.15, 0.2) is 36.4 Å². The van der Waals surface area contributed by atoms with Gasteiger partial charge in [-0.15, -0.1) is 0 Å². The van der Waals surface area contributed by atoms with Crippen molar-refractivity contribution in [3.8, 4) is 5.75 Å². The first kappa shape index (κ1) is 15.5. The van der Waals surface area contributed by atoms with Gasteiger partial charge in [0.15, 0.2) is 5.78 Å². The standard InChI is InChI=1S/C17H13ClFNO3/c1-10(21)11-5-6-15-14(9-11)20(7-8-23-15)17(22)16-12(18)3-2-4-13(16)19/h2-6,9H,7-8H2,1H3. The van der Waals surface area contributed by atoms with Crippen LogP contribution in [0.2, 0.25) is 5.02 Å². The molecule has 118 valence electrons. The molecule has 0 bridgehead atoms. The minimum absolute atomic E-state index is 0.0470. The molecule has 0 N–H and O–H groups in total. The number of halogens is 2. The Hall–Kier alpha value is -2.40. The smallest absolute Gasteiger partial charge is 0.263 e. The van der Waals surface area contributed by atoms with Gasteiger partial charge in [0.05, 0.1) is 22.8 Å². The molecule has 0 aromatic heterocycles. The zero-order valence-electron chi connectivity index (χ0n) is 12.3. The van der Waals surface area contributed by atoms with E-state index in [1.54, 1.807) is 18.2 Å².